The average molecular weight is 383 g/mol. The van der Waals surface area contributed by atoms with Gasteiger partial charge in [0, 0.05) is 16.5 Å². The number of ketones is 1. The van der Waals surface area contributed by atoms with Crippen LogP contribution in [-0.2, 0) is 14.3 Å². The molecule has 1 atom stereocenters. The molecular weight excluding hydrogens is 362 g/mol. The van der Waals surface area contributed by atoms with Crippen molar-refractivity contribution in [3.05, 3.63) is 65.7 Å². The molecule has 1 N–H and O–H groups in total. The van der Waals surface area contributed by atoms with Crippen LogP contribution in [0, 0.1) is 0 Å². The minimum Gasteiger partial charge on any atom is -0.444 e. The molecule has 27 heavy (non-hydrogen) atoms. The summed E-state index contributed by atoms with van der Waals surface area (Å²) in [5, 5.41) is 2.90. The highest BCUT2D eigenvalue weighted by Gasteiger charge is 2.31. The maximum absolute atomic E-state index is 12.8. The Labute approximate surface area is 162 Å². The number of thioether (sulfide) groups is 1. The van der Waals surface area contributed by atoms with Crippen LogP contribution in [0.1, 0.15) is 41.8 Å². The highest BCUT2D eigenvalue weighted by Crippen LogP contribution is 2.27. The molecule has 140 valence electrons. The van der Waals surface area contributed by atoms with Crippen molar-refractivity contribution in [2.24, 2.45) is 0 Å². The van der Waals surface area contributed by atoms with Gasteiger partial charge in [-0.15, -0.1) is 11.8 Å². The quantitative estimate of drug-likeness (QED) is 0.558. The smallest absolute Gasteiger partial charge is 0.340 e. The molecule has 5 nitrogen and oxygen atoms in total. The van der Waals surface area contributed by atoms with Gasteiger partial charge in [-0.25, -0.2) is 4.79 Å². The summed E-state index contributed by atoms with van der Waals surface area (Å²) in [6.45, 7) is 1.50. The van der Waals surface area contributed by atoms with Gasteiger partial charge < -0.3 is 10.1 Å². The fourth-order valence-corrected chi connectivity index (χ4v) is 3.36. The first-order valence-corrected chi connectivity index (χ1v) is 9.80. The Morgan fingerprint density at radius 2 is 1.74 bits per heavy atom. The maximum atomic E-state index is 12.8. The van der Waals surface area contributed by atoms with E-state index < -0.39 is 12.1 Å². The van der Waals surface area contributed by atoms with Crippen LogP contribution < -0.4 is 5.32 Å². The summed E-state index contributed by atoms with van der Waals surface area (Å²) < 4.78 is 5.61. The van der Waals surface area contributed by atoms with Crippen LogP contribution >= 0.6 is 11.8 Å². The fourth-order valence-electron chi connectivity index (χ4n) is 2.52. The molecule has 1 saturated carbocycles. The molecule has 0 heterocycles. The van der Waals surface area contributed by atoms with Crippen LogP contribution in [0.4, 0.5) is 0 Å². The van der Waals surface area contributed by atoms with E-state index in [0.29, 0.717) is 16.0 Å². The third-order valence-electron chi connectivity index (χ3n) is 4.03. The first kappa shape index (κ1) is 19.2. The fraction of sp³-hybridized carbons (Fsp3) is 0.286. The van der Waals surface area contributed by atoms with Gasteiger partial charge in [-0.3, -0.25) is 9.59 Å². The minimum atomic E-state index is -1.01. The second-order valence-corrected chi connectivity index (χ2v) is 7.48. The van der Waals surface area contributed by atoms with Crippen LogP contribution in [0.5, 0.6) is 0 Å². The van der Waals surface area contributed by atoms with E-state index in [1.54, 1.807) is 48.5 Å². The van der Waals surface area contributed by atoms with E-state index >= 15 is 0 Å². The van der Waals surface area contributed by atoms with E-state index in [2.05, 4.69) is 5.32 Å². The average Bonchev–Trinajstić information content (AvgIpc) is 3.49. The number of hydrogen-bond donors (Lipinski definition) is 1. The summed E-state index contributed by atoms with van der Waals surface area (Å²) in [5.74, 6) is -0.601. The van der Waals surface area contributed by atoms with E-state index in [9.17, 15) is 14.4 Å². The largest absolute Gasteiger partial charge is 0.444 e. The second-order valence-electron chi connectivity index (χ2n) is 6.47. The van der Waals surface area contributed by atoms with Gasteiger partial charge in [0.2, 0.25) is 6.10 Å². The number of carbonyl (C=O) groups excluding carboxylic acids is 3. The van der Waals surface area contributed by atoms with Crippen molar-refractivity contribution in [3.63, 3.8) is 0 Å². The molecule has 0 aromatic heterocycles. The summed E-state index contributed by atoms with van der Waals surface area (Å²) in [4.78, 5) is 37.4. The third-order valence-corrected chi connectivity index (χ3v) is 5.24. The van der Waals surface area contributed by atoms with Gasteiger partial charge in [0.15, 0.2) is 0 Å². The lowest BCUT2D eigenvalue weighted by atomic mass is 10.1. The zero-order valence-electron chi connectivity index (χ0n) is 15.0. The lowest BCUT2D eigenvalue weighted by Crippen LogP contribution is -2.33. The van der Waals surface area contributed by atoms with Crippen molar-refractivity contribution >= 4 is 29.4 Å². The molecular formula is C21H21NO4S. The Bertz CT molecular complexity index is 833. The van der Waals surface area contributed by atoms with Crippen molar-refractivity contribution in [2.75, 3.05) is 5.75 Å². The van der Waals surface area contributed by atoms with Crippen molar-refractivity contribution in [1.82, 2.24) is 5.32 Å². The monoisotopic (exact) mass is 383 g/mol. The Hall–Kier alpha value is -2.60. The number of ether oxygens (including phenoxy) is 1. The standard InChI is InChI=1S/C21H21NO4S/c1-14(23)13-27-18-10-6-5-9-17(18)21(25)26-19(15-7-3-2-4-8-15)20(24)22-16-11-12-16/h2-10,16,19H,11-13H2,1H3,(H,22,24)/t19-/m1/s1. The Kier molecular flexibility index (Phi) is 6.29. The number of rotatable bonds is 8. The topological polar surface area (TPSA) is 72.5 Å². The lowest BCUT2D eigenvalue weighted by molar-refractivity contribution is -0.130. The molecule has 0 bridgehead atoms. The van der Waals surface area contributed by atoms with Gasteiger partial charge in [0.05, 0.1) is 11.3 Å². The van der Waals surface area contributed by atoms with Gasteiger partial charge in [0.1, 0.15) is 5.78 Å². The predicted molar refractivity (Wildman–Crippen MR) is 104 cm³/mol. The van der Waals surface area contributed by atoms with Gasteiger partial charge >= 0.3 is 5.97 Å². The summed E-state index contributed by atoms with van der Waals surface area (Å²) in [7, 11) is 0. The molecule has 1 fully saturated rings. The molecule has 0 radical (unpaired) electrons. The van der Waals surface area contributed by atoms with E-state index in [4.69, 9.17) is 4.74 Å². The normalized spacial score (nSPS) is 14.3. The number of hydrogen-bond acceptors (Lipinski definition) is 5. The van der Waals surface area contributed by atoms with Gasteiger partial charge in [-0.05, 0) is 31.9 Å². The highest BCUT2D eigenvalue weighted by atomic mass is 32.2. The SMILES string of the molecule is CC(=O)CSc1ccccc1C(=O)O[C@@H](C(=O)NC1CC1)c1ccccc1. The molecule has 2 aromatic rings. The molecule has 0 unspecified atom stereocenters. The van der Waals surface area contributed by atoms with Crippen molar-refractivity contribution < 1.29 is 19.1 Å². The van der Waals surface area contributed by atoms with Crippen LogP contribution in [0.15, 0.2) is 59.5 Å². The Morgan fingerprint density at radius 3 is 2.41 bits per heavy atom. The van der Waals surface area contributed by atoms with Crippen molar-refractivity contribution in [3.8, 4) is 0 Å². The van der Waals surface area contributed by atoms with Gasteiger partial charge in [-0.1, -0.05) is 42.5 Å². The first-order valence-electron chi connectivity index (χ1n) is 8.82. The predicted octanol–water partition coefficient (Wildman–Crippen LogP) is 3.54. The molecule has 0 saturated heterocycles. The number of amides is 1. The van der Waals surface area contributed by atoms with Crippen LogP contribution in [0.25, 0.3) is 0 Å². The number of nitrogens with one attached hydrogen (secondary N) is 1. The van der Waals surface area contributed by atoms with Crippen LogP contribution in [0.2, 0.25) is 0 Å². The second kappa shape index (κ2) is 8.86. The minimum absolute atomic E-state index is 0.0224. The molecule has 1 aliphatic carbocycles. The van der Waals surface area contributed by atoms with E-state index in [1.165, 1.54) is 18.7 Å². The first-order chi connectivity index (χ1) is 13.0. The van der Waals surface area contributed by atoms with E-state index in [-0.39, 0.29) is 23.5 Å². The summed E-state index contributed by atoms with van der Waals surface area (Å²) in [6.07, 6.45) is 0.891. The number of esters is 1. The van der Waals surface area contributed by atoms with Gasteiger partial charge in [0.25, 0.3) is 5.91 Å². The number of Topliss-reactive ketones (excluding diaryl/α,β-unsaturated/α-hetero) is 1. The molecule has 1 aliphatic rings. The molecule has 0 spiro atoms. The molecule has 3 rings (SSSR count). The summed E-state index contributed by atoms with van der Waals surface area (Å²) in [6, 6.07) is 16.1. The molecule has 1 amide bonds. The van der Waals surface area contributed by atoms with E-state index in [1.807, 2.05) is 6.07 Å². The number of benzene rings is 2. The summed E-state index contributed by atoms with van der Waals surface area (Å²) in [5.41, 5.74) is 0.974. The zero-order valence-corrected chi connectivity index (χ0v) is 15.8. The zero-order chi connectivity index (χ0) is 19.2. The molecule has 6 heteroatoms. The van der Waals surface area contributed by atoms with Crippen molar-refractivity contribution in [2.45, 2.75) is 36.8 Å². The Morgan fingerprint density at radius 1 is 1.07 bits per heavy atom. The highest BCUT2D eigenvalue weighted by molar-refractivity contribution is 8.00. The van der Waals surface area contributed by atoms with Crippen LogP contribution in [0.3, 0.4) is 0 Å². The third kappa shape index (κ3) is 5.44. The van der Waals surface area contributed by atoms with Crippen LogP contribution in [-0.4, -0.2) is 29.5 Å². The Balaban J connectivity index is 1.80. The summed E-state index contributed by atoms with van der Waals surface area (Å²) >= 11 is 1.28. The number of carbonyl (C=O) groups is 3. The molecule has 2 aromatic carbocycles. The lowest BCUT2D eigenvalue weighted by Gasteiger charge is -2.19. The van der Waals surface area contributed by atoms with Gasteiger partial charge in [-0.2, -0.15) is 0 Å². The van der Waals surface area contributed by atoms with E-state index in [0.717, 1.165) is 12.8 Å². The molecule has 0 aliphatic heterocycles. The maximum Gasteiger partial charge on any atom is 0.340 e. The van der Waals surface area contributed by atoms with Crippen molar-refractivity contribution in [1.29, 1.82) is 0 Å².